The van der Waals surface area contributed by atoms with E-state index in [1.165, 1.54) is 0 Å². The molecular formula is C14H24N2O4. The Kier molecular flexibility index (Phi) is 5.23. The fourth-order valence-corrected chi connectivity index (χ4v) is 3.03. The maximum atomic E-state index is 12.4. The molecule has 20 heavy (non-hydrogen) atoms. The van der Waals surface area contributed by atoms with Gasteiger partial charge in [0.15, 0.2) is 0 Å². The van der Waals surface area contributed by atoms with Crippen LogP contribution in [-0.4, -0.2) is 66.3 Å². The number of hydrogen-bond donors (Lipinski definition) is 1. The number of amides is 2. The van der Waals surface area contributed by atoms with E-state index >= 15 is 0 Å². The van der Waals surface area contributed by atoms with Gasteiger partial charge in [-0.2, -0.15) is 0 Å². The first-order valence-corrected chi connectivity index (χ1v) is 7.39. The van der Waals surface area contributed by atoms with Crippen LogP contribution in [-0.2, 0) is 9.53 Å². The third-order valence-electron chi connectivity index (χ3n) is 4.39. The quantitative estimate of drug-likeness (QED) is 0.850. The van der Waals surface area contributed by atoms with E-state index in [1.807, 2.05) is 16.8 Å². The number of carbonyl (C=O) groups excluding carboxylic acids is 1. The molecule has 2 saturated heterocycles. The number of carboxylic acids is 1. The van der Waals surface area contributed by atoms with Crippen molar-refractivity contribution in [3.05, 3.63) is 0 Å². The third-order valence-corrected chi connectivity index (χ3v) is 4.39. The number of rotatable bonds is 3. The van der Waals surface area contributed by atoms with Gasteiger partial charge >= 0.3 is 12.0 Å². The lowest BCUT2D eigenvalue weighted by molar-refractivity contribution is -0.138. The van der Waals surface area contributed by atoms with Crippen molar-refractivity contribution in [2.75, 3.05) is 33.4 Å². The van der Waals surface area contributed by atoms with Crippen molar-refractivity contribution in [3.8, 4) is 0 Å². The van der Waals surface area contributed by atoms with Crippen LogP contribution in [0.25, 0.3) is 0 Å². The first-order valence-electron chi connectivity index (χ1n) is 7.39. The van der Waals surface area contributed by atoms with Crippen molar-refractivity contribution in [3.63, 3.8) is 0 Å². The Morgan fingerprint density at radius 2 is 1.80 bits per heavy atom. The lowest BCUT2D eigenvalue weighted by atomic mass is 9.94. The zero-order valence-corrected chi connectivity index (χ0v) is 12.1. The molecule has 0 aromatic heterocycles. The minimum atomic E-state index is -0.742. The average Bonchev–Trinajstić information content (AvgIpc) is 2.47. The molecule has 0 unspecified atom stereocenters. The average molecular weight is 284 g/mol. The number of aliphatic carboxylic acids is 1. The number of urea groups is 1. The molecule has 0 aliphatic carbocycles. The molecule has 2 aliphatic rings. The maximum absolute atomic E-state index is 12.4. The highest BCUT2D eigenvalue weighted by atomic mass is 16.5. The molecule has 2 amide bonds. The summed E-state index contributed by atoms with van der Waals surface area (Å²) < 4.78 is 5.32. The molecule has 6 nitrogen and oxygen atoms in total. The van der Waals surface area contributed by atoms with Crippen LogP contribution < -0.4 is 0 Å². The van der Waals surface area contributed by atoms with E-state index in [-0.39, 0.29) is 24.4 Å². The second-order valence-electron chi connectivity index (χ2n) is 5.77. The summed E-state index contributed by atoms with van der Waals surface area (Å²) in [5, 5.41) is 8.80. The minimum Gasteiger partial charge on any atom is -0.481 e. The second kappa shape index (κ2) is 6.92. The summed E-state index contributed by atoms with van der Waals surface area (Å²) >= 11 is 0. The Balaban J connectivity index is 1.80. The van der Waals surface area contributed by atoms with E-state index in [2.05, 4.69) is 0 Å². The summed E-state index contributed by atoms with van der Waals surface area (Å²) in [6, 6.07) is 0.346. The summed E-state index contributed by atoms with van der Waals surface area (Å²) in [6.07, 6.45) is 3.60. The van der Waals surface area contributed by atoms with Crippen molar-refractivity contribution >= 4 is 12.0 Å². The Hall–Kier alpha value is -1.30. The SMILES string of the molecule is CN(C(=O)N1CCC(CC(=O)O)CC1)C1CCOCC1. The second-order valence-corrected chi connectivity index (χ2v) is 5.77. The molecule has 0 saturated carbocycles. The molecule has 2 aliphatic heterocycles. The van der Waals surface area contributed by atoms with Gasteiger partial charge in [-0.1, -0.05) is 0 Å². The van der Waals surface area contributed by atoms with E-state index in [4.69, 9.17) is 9.84 Å². The van der Waals surface area contributed by atoms with Crippen molar-refractivity contribution in [2.24, 2.45) is 5.92 Å². The highest BCUT2D eigenvalue weighted by molar-refractivity contribution is 5.74. The van der Waals surface area contributed by atoms with Crippen molar-refractivity contribution in [2.45, 2.75) is 38.1 Å². The van der Waals surface area contributed by atoms with Gasteiger partial charge in [-0.05, 0) is 31.6 Å². The Bertz CT molecular complexity index is 347. The number of carboxylic acid groups (broad SMARTS) is 1. The highest BCUT2D eigenvalue weighted by Gasteiger charge is 2.29. The van der Waals surface area contributed by atoms with Crippen LogP contribution in [0.2, 0.25) is 0 Å². The third kappa shape index (κ3) is 3.85. The van der Waals surface area contributed by atoms with E-state index in [0.29, 0.717) is 13.1 Å². The van der Waals surface area contributed by atoms with Crippen molar-refractivity contribution in [1.82, 2.24) is 9.80 Å². The Morgan fingerprint density at radius 1 is 1.20 bits per heavy atom. The lowest BCUT2D eigenvalue weighted by Crippen LogP contribution is -2.50. The predicted molar refractivity (Wildman–Crippen MR) is 73.5 cm³/mol. The molecular weight excluding hydrogens is 260 g/mol. The van der Waals surface area contributed by atoms with Crippen LogP contribution in [0, 0.1) is 5.92 Å². The van der Waals surface area contributed by atoms with Crippen LogP contribution in [0.5, 0.6) is 0 Å². The predicted octanol–water partition coefficient (Wildman–Crippen LogP) is 1.40. The monoisotopic (exact) mass is 284 g/mol. The number of ether oxygens (including phenoxy) is 1. The number of nitrogens with zero attached hydrogens (tertiary/aromatic N) is 2. The molecule has 6 heteroatoms. The molecule has 2 heterocycles. The summed E-state index contributed by atoms with van der Waals surface area (Å²) in [7, 11) is 1.86. The lowest BCUT2D eigenvalue weighted by Gasteiger charge is -2.38. The first kappa shape index (κ1) is 15.1. The number of hydrogen-bond acceptors (Lipinski definition) is 3. The maximum Gasteiger partial charge on any atom is 0.319 e. The van der Waals surface area contributed by atoms with Crippen molar-refractivity contribution < 1.29 is 19.4 Å². The van der Waals surface area contributed by atoms with Gasteiger partial charge in [0.2, 0.25) is 0 Å². The number of likely N-dealkylation sites (tertiary alicyclic amines) is 1. The molecule has 0 radical (unpaired) electrons. The summed E-state index contributed by atoms with van der Waals surface area (Å²) in [5.41, 5.74) is 0. The topological polar surface area (TPSA) is 70.1 Å². The zero-order valence-electron chi connectivity index (χ0n) is 12.1. The van der Waals surface area contributed by atoms with Crippen LogP contribution >= 0.6 is 0 Å². The van der Waals surface area contributed by atoms with Gasteiger partial charge in [0.1, 0.15) is 0 Å². The summed E-state index contributed by atoms with van der Waals surface area (Å²) in [4.78, 5) is 26.8. The van der Waals surface area contributed by atoms with E-state index in [9.17, 15) is 9.59 Å². The van der Waals surface area contributed by atoms with Gasteiger partial charge in [-0.25, -0.2) is 4.79 Å². The fraction of sp³-hybridized carbons (Fsp3) is 0.857. The smallest absolute Gasteiger partial charge is 0.319 e. The molecule has 1 N–H and O–H groups in total. The molecule has 0 spiro atoms. The summed E-state index contributed by atoms with van der Waals surface area (Å²) in [6.45, 7) is 2.79. The van der Waals surface area contributed by atoms with Gasteiger partial charge in [0.05, 0.1) is 0 Å². The van der Waals surface area contributed by atoms with Gasteiger partial charge in [0.25, 0.3) is 0 Å². The molecule has 114 valence electrons. The van der Waals surface area contributed by atoms with Crippen LogP contribution in [0.4, 0.5) is 4.79 Å². The molecule has 0 atom stereocenters. The Labute approximate surface area is 119 Å². The van der Waals surface area contributed by atoms with Crippen LogP contribution in [0.15, 0.2) is 0 Å². The van der Waals surface area contributed by atoms with E-state index in [1.54, 1.807) is 0 Å². The number of carbonyl (C=O) groups is 2. The molecule has 0 aromatic rings. The van der Waals surface area contributed by atoms with Gasteiger partial charge in [-0.15, -0.1) is 0 Å². The molecule has 2 fully saturated rings. The largest absolute Gasteiger partial charge is 0.481 e. The van der Waals surface area contributed by atoms with Crippen LogP contribution in [0.3, 0.4) is 0 Å². The van der Waals surface area contributed by atoms with Crippen LogP contribution in [0.1, 0.15) is 32.1 Å². The number of piperidine rings is 1. The Morgan fingerprint density at radius 3 is 2.35 bits per heavy atom. The van der Waals surface area contributed by atoms with Crippen molar-refractivity contribution in [1.29, 1.82) is 0 Å². The standard InChI is InChI=1S/C14H24N2O4/c1-15(12-4-8-20-9-5-12)14(19)16-6-2-11(3-7-16)10-13(17)18/h11-12H,2-10H2,1H3,(H,17,18). The molecule has 0 aromatic carbocycles. The summed E-state index contributed by atoms with van der Waals surface area (Å²) in [5.74, 6) is -0.529. The normalized spacial score (nSPS) is 21.8. The van der Waals surface area contributed by atoms with Gasteiger partial charge in [0, 0.05) is 45.8 Å². The van der Waals surface area contributed by atoms with Gasteiger partial charge < -0.3 is 19.6 Å². The zero-order chi connectivity index (χ0) is 14.5. The highest BCUT2D eigenvalue weighted by Crippen LogP contribution is 2.22. The first-order chi connectivity index (χ1) is 9.58. The molecule has 2 rings (SSSR count). The van der Waals surface area contributed by atoms with E-state index < -0.39 is 5.97 Å². The minimum absolute atomic E-state index is 0.0747. The van der Waals surface area contributed by atoms with Gasteiger partial charge in [-0.3, -0.25) is 4.79 Å². The fourth-order valence-electron chi connectivity index (χ4n) is 3.03. The molecule has 0 bridgehead atoms. The van der Waals surface area contributed by atoms with E-state index in [0.717, 1.165) is 38.9 Å².